The van der Waals surface area contributed by atoms with Crippen molar-refractivity contribution in [2.75, 3.05) is 13.6 Å². The van der Waals surface area contributed by atoms with E-state index in [1.165, 1.54) is 4.40 Å². The fraction of sp³-hybridized carbons (Fsp3) is 0.286. The molecule has 0 aliphatic heterocycles. The van der Waals surface area contributed by atoms with Gasteiger partial charge in [0.15, 0.2) is 5.65 Å². The lowest BCUT2D eigenvalue weighted by atomic mass is 10.2. The number of hydrogen-bond donors (Lipinski definition) is 0. The second kappa shape index (κ2) is 8.73. The van der Waals surface area contributed by atoms with E-state index in [0.29, 0.717) is 34.2 Å². The van der Waals surface area contributed by atoms with Crippen LogP contribution in [0, 0.1) is 0 Å². The molecule has 0 aliphatic rings. The molecule has 4 aromatic rings. The summed E-state index contributed by atoms with van der Waals surface area (Å²) in [7, 11) is 1.72. The fourth-order valence-corrected chi connectivity index (χ4v) is 3.34. The molecule has 0 aliphatic carbocycles. The van der Waals surface area contributed by atoms with Gasteiger partial charge in [0.2, 0.25) is 11.7 Å². The first kappa shape index (κ1) is 20.8. The third kappa shape index (κ3) is 4.22. The van der Waals surface area contributed by atoms with Crippen LogP contribution in [0.3, 0.4) is 0 Å². The van der Waals surface area contributed by atoms with Crippen LogP contribution >= 0.6 is 11.6 Å². The summed E-state index contributed by atoms with van der Waals surface area (Å²) in [6, 6.07) is 10.5. The van der Waals surface area contributed by atoms with E-state index in [1.54, 1.807) is 48.5 Å². The maximum absolute atomic E-state index is 12.8. The Morgan fingerprint density at radius 2 is 2.10 bits per heavy atom. The van der Waals surface area contributed by atoms with Gasteiger partial charge >= 0.3 is 5.69 Å². The van der Waals surface area contributed by atoms with E-state index in [9.17, 15) is 9.59 Å². The van der Waals surface area contributed by atoms with Crippen LogP contribution in [0.4, 0.5) is 0 Å². The second-order valence-corrected chi connectivity index (χ2v) is 7.59. The molecular formula is C21H21ClN6O3. The molecule has 0 N–H and O–H groups in total. The van der Waals surface area contributed by atoms with E-state index in [-0.39, 0.29) is 18.3 Å². The Balaban J connectivity index is 1.67. The van der Waals surface area contributed by atoms with Crippen LogP contribution in [-0.4, -0.2) is 48.7 Å². The molecule has 31 heavy (non-hydrogen) atoms. The number of fused-ring (bicyclic) bond motifs is 1. The highest BCUT2D eigenvalue weighted by atomic mass is 35.5. The largest absolute Gasteiger partial charge is 0.350 e. The number of amides is 1. The van der Waals surface area contributed by atoms with Crippen LogP contribution in [0.15, 0.2) is 51.9 Å². The molecule has 3 heterocycles. The lowest BCUT2D eigenvalue weighted by molar-refractivity contribution is -0.130. The Kier molecular flexibility index (Phi) is 5.85. The smallest absolute Gasteiger partial charge is 0.344 e. The summed E-state index contributed by atoms with van der Waals surface area (Å²) in [5, 5.41) is 8.93. The number of carbonyl (C=O) groups excluding carboxylic acids is 1. The minimum absolute atomic E-state index is 0.141. The van der Waals surface area contributed by atoms with Gasteiger partial charge in [0.25, 0.3) is 5.89 Å². The van der Waals surface area contributed by atoms with E-state index in [0.717, 1.165) is 17.5 Å². The Morgan fingerprint density at radius 1 is 1.26 bits per heavy atom. The third-order valence-corrected chi connectivity index (χ3v) is 5.14. The van der Waals surface area contributed by atoms with Crippen molar-refractivity contribution in [3.05, 3.63) is 58.1 Å². The summed E-state index contributed by atoms with van der Waals surface area (Å²) in [5.41, 5.74) is 1.12. The van der Waals surface area contributed by atoms with Gasteiger partial charge in [0.05, 0.1) is 5.56 Å². The molecule has 160 valence electrons. The quantitative estimate of drug-likeness (QED) is 0.438. The SMILES string of the molecule is CCCCN(C)C(=O)Cn1nc2c(-c3nc(-c4cccc(Cl)c4)no3)cccn2c1=O. The maximum atomic E-state index is 12.8. The molecule has 0 saturated heterocycles. The molecule has 0 bridgehead atoms. The molecule has 0 saturated carbocycles. The summed E-state index contributed by atoms with van der Waals surface area (Å²) in [6.45, 7) is 2.55. The average molecular weight is 441 g/mol. The molecule has 10 heteroatoms. The fourth-order valence-electron chi connectivity index (χ4n) is 3.15. The zero-order chi connectivity index (χ0) is 22.0. The number of hydrogen-bond acceptors (Lipinski definition) is 6. The highest BCUT2D eigenvalue weighted by molar-refractivity contribution is 6.30. The van der Waals surface area contributed by atoms with Gasteiger partial charge in [-0.3, -0.25) is 4.79 Å². The highest BCUT2D eigenvalue weighted by Gasteiger charge is 2.19. The number of unbranched alkanes of at least 4 members (excludes halogenated alkanes) is 1. The monoisotopic (exact) mass is 440 g/mol. The van der Waals surface area contributed by atoms with Crippen molar-refractivity contribution in [2.24, 2.45) is 0 Å². The van der Waals surface area contributed by atoms with Crippen molar-refractivity contribution in [3.63, 3.8) is 0 Å². The molecule has 0 radical (unpaired) electrons. The van der Waals surface area contributed by atoms with E-state index in [4.69, 9.17) is 16.1 Å². The molecule has 9 nitrogen and oxygen atoms in total. The number of benzene rings is 1. The summed E-state index contributed by atoms with van der Waals surface area (Å²) in [4.78, 5) is 31.2. The van der Waals surface area contributed by atoms with Gasteiger partial charge in [-0.1, -0.05) is 42.2 Å². The molecule has 0 spiro atoms. The number of nitrogens with zero attached hydrogens (tertiary/aromatic N) is 6. The number of halogens is 1. The van der Waals surface area contributed by atoms with Crippen molar-refractivity contribution < 1.29 is 9.32 Å². The summed E-state index contributed by atoms with van der Waals surface area (Å²) in [5.74, 6) is 0.402. The normalized spacial score (nSPS) is 11.2. The Hall–Kier alpha value is -3.46. The number of carbonyl (C=O) groups is 1. The molecule has 1 amide bonds. The van der Waals surface area contributed by atoms with E-state index < -0.39 is 5.69 Å². The first-order valence-corrected chi connectivity index (χ1v) is 10.3. The van der Waals surface area contributed by atoms with Crippen molar-refractivity contribution in [1.29, 1.82) is 0 Å². The number of likely N-dealkylation sites (N-methyl/N-ethyl adjacent to an activating group) is 1. The van der Waals surface area contributed by atoms with Gasteiger partial charge < -0.3 is 9.42 Å². The van der Waals surface area contributed by atoms with Gasteiger partial charge in [0, 0.05) is 30.4 Å². The van der Waals surface area contributed by atoms with Crippen molar-refractivity contribution in [1.82, 2.24) is 29.2 Å². The molecule has 0 unspecified atom stereocenters. The van der Waals surface area contributed by atoms with Crippen molar-refractivity contribution >= 4 is 23.2 Å². The Labute approximate surface area is 182 Å². The van der Waals surface area contributed by atoms with Crippen LogP contribution in [0.1, 0.15) is 19.8 Å². The van der Waals surface area contributed by atoms with Crippen molar-refractivity contribution in [2.45, 2.75) is 26.3 Å². The molecule has 0 fully saturated rings. The second-order valence-electron chi connectivity index (χ2n) is 7.16. The van der Waals surface area contributed by atoms with E-state index >= 15 is 0 Å². The Bertz CT molecular complexity index is 1290. The summed E-state index contributed by atoms with van der Waals surface area (Å²) >= 11 is 6.04. The third-order valence-electron chi connectivity index (χ3n) is 4.91. The summed E-state index contributed by atoms with van der Waals surface area (Å²) < 4.78 is 7.93. The zero-order valence-corrected chi connectivity index (χ0v) is 17.9. The number of pyridine rings is 1. The molecular weight excluding hydrogens is 420 g/mol. The molecule has 0 atom stereocenters. The lowest BCUT2D eigenvalue weighted by Crippen LogP contribution is -2.34. The van der Waals surface area contributed by atoms with Gasteiger partial charge in [-0.15, -0.1) is 5.10 Å². The van der Waals surface area contributed by atoms with Crippen LogP contribution in [0.25, 0.3) is 28.5 Å². The minimum Gasteiger partial charge on any atom is -0.344 e. The average Bonchev–Trinajstić information content (AvgIpc) is 3.37. The lowest BCUT2D eigenvalue weighted by Gasteiger charge is -2.15. The zero-order valence-electron chi connectivity index (χ0n) is 17.2. The van der Waals surface area contributed by atoms with E-state index in [2.05, 4.69) is 22.2 Å². The van der Waals surface area contributed by atoms with Gasteiger partial charge in [-0.05, 0) is 30.7 Å². The molecule has 4 rings (SSSR count). The number of aromatic nitrogens is 5. The van der Waals surface area contributed by atoms with Gasteiger partial charge in [-0.25, -0.2) is 13.9 Å². The predicted molar refractivity (Wildman–Crippen MR) is 116 cm³/mol. The predicted octanol–water partition coefficient (Wildman–Crippen LogP) is 3.12. The van der Waals surface area contributed by atoms with Gasteiger partial charge in [0.1, 0.15) is 6.54 Å². The minimum atomic E-state index is -0.413. The maximum Gasteiger partial charge on any atom is 0.350 e. The van der Waals surface area contributed by atoms with Crippen LogP contribution in [0.5, 0.6) is 0 Å². The first-order valence-electron chi connectivity index (χ1n) is 9.90. The topological polar surface area (TPSA) is 98.5 Å². The van der Waals surface area contributed by atoms with Crippen LogP contribution < -0.4 is 5.69 Å². The van der Waals surface area contributed by atoms with E-state index in [1.807, 2.05) is 6.07 Å². The summed E-state index contributed by atoms with van der Waals surface area (Å²) in [6.07, 6.45) is 3.47. The number of rotatable bonds is 7. The first-order chi connectivity index (χ1) is 15.0. The highest BCUT2D eigenvalue weighted by Crippen LogP contribution is 2.25. The molecule has 1 aromatic carbocycles. The van der Waals surface area contributed by atoms with Crippen LogP contribution in [0.2, 0.25) is 5.02 Å². The molecule has 3 aromatic heterocycles. The van der Waals surface area contributed by atoms with Crippen LogP contribution in [-0.2, 0) is 11.3 Å². The Morgan fingerprint density at radius 3 is 2.87 bits per heavy atom. The van der Waals surface area contributed by atoms with Crippen molar-refractivity contribution in [3.8, 4) is 22.8 Å². The standard InChI is InChI=1S/C21H21ClN6O3/c1-3-4-10-26(2)17(29)13-28-21(30)27-11-6-9-16(19(27)24-28)20-23-18(25-31-20)14-7-5-8-15(22)12-14/h5-9,11-12H,3-4,10,13H2,1-2H3. The van der Waals surface area contributed by atoms with Gasteiger partial charge in [-0.2, -0.15) is 4.98 Å².